The number of aliphatic hydroxyl groups is 1. The van der Waals surface area contributed by atoms with Crippen molar-refractivity contribution in [3.63, 3.8) is 0 Å². The maximum Gasteiger partial charge on any atom is 0.312 e. The molecule has 3 aromatic carbocycles. The van der Waals surface area contributed by atoms with E-state index >= 15 is 0 Å². The first-order chi connectivity index (χ1) is 20.4. The number of nitrogens with zero attached hydrogens (tertiary/aromatic N) is 2. The van der Waals surface area contributed by atoms with E-state index in [1.807, 2.05) is 72.8 Å². The molecule has 6 atom stereocenters. The zero-order valence-electron chi connectivity index (χ0n) is 23.7. The van der Waals surface area contributed by atoms with E-state index in [2.05, 4.69) is 6.58 Å². The van der Waals surface area contributed by atoms with E-state index in [1.54, 1.807) is 17.9 Å². The summed E-state index contributed by atoms with van der Waals surface area (Å²) in [5.41, 5.74) is 0.398. The minimum Gasteiger partial charge on any atom is -0.466 e. The fraction of sp³-hybridized carbons (Fsp3) is 0.382. The van der Waals surface area contributed by atoms with Crippen molar-refractivity contribution in [3.8, 4) is 0 Å². The summed E-state index contributed by atoms with van der Waals surface area (Å²) in [7, 11) is 0. The lowest BCUT2D eigenvalue weighted by molar-refractivity contribution is -0.155. The number of carbonyl (C=O) groups excluding carboxylic acids is 3. The summed E-state index contributed by atoms with van der Waals surface area (Å²) < 4.78 is 12.0. The van der Waals surface area contributed by atoms with Crippen LogP contribution in [0, 0.1) is 11.8 Å². The number of carbonyl (C=O) groups is 3. The smallest absolute Gasteiger partial charge is 0.312 e. The number of esters is 1. The van der Waals surface area contributed by atoms with Gasteiger partial charge in [-0.15, -0.1) is 6.58 Å². The first kappa shape index (κ1) is 28.1. The Hall–Kier alpha value is -4.01. The number of fused-ring (bicyclic) bond motifs is 2. The molecule has 8 heteroatoms. The van der Waals surface area contributed by atoms with E-state index in [1.165, 1.54) is 4.90 Å². The molecule has 2 bridgehead atoms. The highest BCUT2D eigenvalue weighted by molar-refractivity contribution is 6.05. The molecule has 0 radical (unpaired) electrons. The standard InChI is InChI=1S/C34H36N2O6/c1-3-18-35(25-15-14-23-12-8-9-13-24(23)20-25)32(39)30-34-17-16-27(42-34)28(33(40)41-4-2)29(34)31(38)36(30)26(21-37)19-22-10-6-5-7-11-22/h3,5-15,20,26-30,37H,1,4,16-19,21H2,2H3/t26-,27+,28-,29-,30+,34-/m1/s1. The molecule has 1 N–H and O–H groups in total. The number of anilines is 1. The molecule has 0 unspecified atom stereocenters. The fourth-order valence-corrected chi connectivity index (χ4v) is 7.35. The Balaban J connectivity index is 1.45. The number of rotatable bonds is 10. The monoisotopic (exact) mass is 568 g/mol. The lowest BCUT2D eigenvalue weighted by atomic mass is 9.70. The zero-order valence-corrected chi connectivity index (χ0v) is 23.7. The molecule has 3 saturated heterocycles. The van der Waals surface area contributed by atoms with Gasteiger partial charge in [0.2, 0.25) is 5.91 Å². The van der Waals surface area contributed by atoms with Gasteiger partial charge in [0.25, 0.3) is 5.91 Å². The second-order valence-corrected chi connectivity index (χ2v) is 11.3. The maximum atomic E-state index is 14.8. The largest absolute Gasteiger partial charge is 0.466 e. The molecule has 0 saturated carbocycles. The van der Waals surface area contributed by atoms with E-state index in [0.29, 0.717) is 24.9 Å². The summed E-state index contributed by atoms with van der Waals surface area (Å²) in [4.78, 5) is 45.6. The Labute approximate surface area is 245 Å². The number of amides is 2. The number of likely N-dealkylation sites (tertiary alicyclic amines) is 1. The Bertz CT molecular complexity index is 1510. The molecule has 3 aliphatic heterocycles. The van der Waals surface area contributed by atoms with Crippen molar-refractivity contribution in [1.82, 2.24) is 4.90 Å². The molecule has 2 amide bonds. The van der Waals surface area contributed by atoms with E-state index in [0.717, 1.165) is 16.3 Å². The van der Waals surface area contributed by atoms with Gasteiger partial charge in [0, 0.05) is 12.2 Å². The lowest BCUT2D eigenvalue weighted by Crippen LogP contribution is -2.59. The molecule has 8 nitrogen and oxygen atoms in total. The van der Waals surface area contributed by atoms with Gasteiger partial charge < -0.3 is 24.4 Å². The molecule has 3 fully saturated rings. The zero-order chi connectivity index (χ0) is 29.4. The minimum absolute atomic E-state index is 0.185. The van der Waals surface area contributed by atoms with Crippen LogP contribution >= 0.6 is 0 Å². The average Bonchev–Trinajstić information content (AvgIpc) is 3.66. The first-order valence-corrected chi connectivity index (χ1v) is 14.7. The molecule has 3 aromatic rings. The average molecular weight is 569 g/mol. The van der Waals surface area contributed by atoms with Crippen LogP contribution in [0.4, 0.5) is 5.69 Å². The molecular weight excluding hydrogens is 532 g/mol. The predicted octanol–water partition coefficient (Wildman–Crippen LogP) is 3.90. The second-order valence-electron chi connectivity index (χ2n) is 11.3. The minimum atomic E-state index is -1.20. The Kier molecular flexibility index (Phi) is 7.60. The van der Waals surface area contributed by atoms with Crippen LogP contribution in [0.3, 0.4) is 0 Å². The van der Waals surface area contributed by atoms with E-state index < -0.39 is 41.6 Å². The van der Waals surface area contributed by atoms with Crippen molar-refractivity contribution in [2.45, 2.75) is 50.0 Å². The van der Waals surface area contributed by atoms with Crippen LogP contribution in [-0.2, 0) is 30.3 Å². The van der Waals surface area contributed by atoms with Crippen molar-refractivity contribution in [2.24, 2.45) is 11.8 Å². The SMILES string of the molecule is C=CCN(C(=O)[C@@H]1N([C@@H](CO)Cc2ccccc2)C(=O)[C@H]2[C@H](C(=O)OCC)[C@@H]3CC[C@]12O3)c1ccc2ccccc2c1. The van der Waals surface area contributed by atoms with Gasteiger partial charge in [0.1, 0.15) is 11.6 Å². The van der Waals surface area contributed by atoms with Crippen molar-refractivity contribution in [3.05, 3.63) is 91.0 Å². The molecule has 3 aliphatic rings. The van der Waals surface area contributed by atoms with Crippen LogP contribution in [-0.4, -0.2) is 71.3 Å². The van der Waals surface area contributed by atoms with Crippen LogP contribution in [0.15, 0.2) is 85.5 Å². The van der Waals surface area contributed by atoms with Crippen molar-refractivity contribution < 1.29 is 29.0 Å². The topological polar surface area (TPSA) is 96.4 Å². The quantitative estimate of drug-likeness (QED) is 0.295. The summed E-state index contributed by atoms with van der Waals surface area (Å²) in [6.07, 6.45) is 2.52. The van der Waals surface area contributed by atoms with Crippen molar-refractivity contribution in [2.75, 3.05) is 24.7 Å². The van der Waals surface area contributed by atoms with Crippen LogP contribution in [0.2, 0.25) is 0 Å². The highest BCUT2D eigenvalue weighted by atomic mass is 16.6. The summed E-state index contributed by atoms with van der Waals surface area (Å²) >= 11 is 0. The number of aliphatic hydroxyl groups excluding tert-OH is 1. The normalized spacial score (nSPS) is 26.7. The summed E-state index contributed by atoms with van der Waals surface area (Å²) in [6.45, 7) is 5.68. The van der Waals surface area contributed by atoms with Gasteiger partial charge in [-0.2, -0.15) is 0 Å². The number of benzene rings is 3. The molecule has 3 heterocycles. The number of ether oxygens (including phenoxy) is 2. The van der Waals surface area contributed by atoms with Crippen molar-refractivity contribution >= 4 is 34.2 Å². The first-order valence-electron chi connectivity index (χ1n) is 14.7. The van der Waals surface area contributed by atoms with Gasteiger partial charge >= 0.3 is 5.97 Å². The van der Waals surface area contributed by atoms with Gasteiger partial charge in [-0.3, -0.25) is 14.4 Å². The predicted molar refractivity (Wildman–Crippen MR) is 159 cm³/mol. The van der Waals surface area contributed by atoms with Gasteiger partial charge in [0.15, 0.2) is 0 Å². The third-order valence-corrected chi connectivity index (χ3v) is 9.07. The van der Waals surface area contributed by atoms with Gasteiger partial charge in [-0.05, 0) is 54.7 Å². The fourth-order valence-electron chi connectivity index (χ4n) is 7.35. The van der Waals surface area contributed by atoms with Crippen LogP contribution in [0.1, 0.15) is 25.3 Å². The molecule has 0 aliphatic carbocycles. The number of hydrogen-bond donors (Lipinski definition) is 1. The van der Waals surface area contributed by atoms with Gasteiger partial charge in [-0.1, -0.05) is 66.7 Å². The third-order valence-electron chi connectivity index (χ3n) is 9.07. The Morgan fingerprint density at radius 3 is 2.60 bits per heavy atom. The third kappa shape index (κ3) is 4.50. The summed E-state index contributed by atoms with van der Waals surface area (Å²) in [6, 6.07) is 21.6. The lowest BCUT2D eigenvalue weighted by Gasteiger charge is -2.39. The van der Waals surface area contributed by atoms with E-state index in [9.17, 15) is 19.5 Å². The number of hydrogen-bond acceptors (Lipinski definition) is 6. The summed E-state index contributed by atoms with van der Waals surface area (Å²) in [5.74, 6) is -2.80. The highest BCUT2D eigenvalue weighted by Crippen LogP contribution is 2.59. The molecule has 42 heavy (non-hydrogen) atoms. The Morgan fingerprint density at radius 1 is 1.14 bits per heavy atom. The van der Waals surface area contributed by atoms with Crippen LogP contribution in [0.25, 0.3) is 10.8 Å². The van der Waals surface area contributed by atoms with E-state index in [4.69, 9.17) is 9.47 Å². The Morgan fingerprint density at radius 2 is 1.88 bits per heavy atom. The van der Waals surface area contributed by atoms with Gasteiger partial charge in [-0.25, -0.2) is 0 Å². The van der Waals surface area contributed by atoms with Crippen molar-refractivity contribution in [1.29, 1.82) is 0 Å². The van der Waals surface area contributed by atoms with Crippen LogP contribution in [0.5, 0.6) is 0 Å². The highest BCUT2D eigenvalue weighted by Gasteiger charge is 2.75. The maximum absolute atomic E-state index is 14.8. The molecule has 6 rings (SSSR count). The molecular formula is C34H36N2O6. The molecule has 1 spiro atoms. The van der Waals surface area contributed by atoms with E-state index in [-0.39, 0.29) is 31.6 Å². The second kappa shape index (κ2) is 11.3. The molecule has 0 aromatic heterocycles. The van der Waals surface area contributed by atoms with Gasteiger partial charge in [0.05, 0.1) is 37.2 Å². The summed E-state index contributed by atoms with van der Waals surface area (Å²) in [5, 5.41) is 12.7. The van der Waals surface area contributed by atoms with Crippen LogP contribution < -0.4 is 4.90 Å². The molecule has 218 valence electrons.